The third-order valence-corrected chi connectivity index (χ3v) is 1.49. The first kappa shape index (κ1) is 18.6. The summed E-state index contributed by atoms with van der Waals surface area (Å²) < 4.78 is 9.71. The Morgan fingerprint density at radius 1 is 1.47 bits per heavy atom. The van der Waals surface area contributed by atoms with Crippen LogP contribution in [0.2, 0.25) is 0 Å². The molecule has 0 radical (unpaired) electrons. The predicted molar refractivity (Wildman–Crippen MR) is 62.8 cm³/mol. The molecule has 3 N–H and O–H groups in total. The number of hydrogen-bond donors (Lipinski definition) is 3. The van der Waals surface area contributed by atoms with E-state index in [1.54, 1.807) is 0 Å². The average molecular weight is 268 g/mol. The molecule has 0 heterocycles. The van der Waals surface area contributed by atoms with Crippen molar-refractivity contribution in [2.45, 2.75) is 6.42 Å². The number of nitrogens with one attached hydrogen (secondary N) is 1. The molecule has 0 fully saturated rings. The monoisotopic (exact) mass is 268 g/mol. The van der Waals surface area contributed by atoms with E-state index in [1.807, 2.05) is 0 Å². The summed E-state index contributed by atoms with van der Waals surface area (Å²) in [5.74, 6) is -0.0867. The van der Waals surface area contributed by atoms with Gasteiger partial charge in [-0.05, 0) is 6.08 Å². The van der Waals surface area contributed by atoms with Gasteiger partial charge in [-0.15, -0.1) is 0 Å². The summed E-state index contributed by atoms with van der Waals surface area (Å²) in [5.41, 5.74) is 0. The second kappa shape index (κ2) is 8.38. The maximum atomic E-state index is 10.7. The van der Waals surface area contributed by atoms with Crippen LogP contribution in [0.4, 0.5) is 0 Å². The standard InChI is InChI=1S/C9H18N2O.H3O4P/c1-5-9(12)10-7-6-8-11(2,3)4;1-5(2,3)4/h5H,1,6-8H2,2-4H3;(H3,1,2,3,4). The molecule has 8 heteroatoms. The SMILES string of the molecule is C=CC(=O)NCCC[N+](C)(C)C.O=P([O-])(O)O. The molecule has 0 spiro atoms. The van der Waals surface area contributed by atoms with Crippen molar-refractivity contribution in [2.75, 3.05) is 34.2 Å². The zero-order chi connectivity index (χ0) is 14.1. The minimum absolute atomic E-state index is 0.0867. The molecule has 0 atom stereocenters. The maximum Gasteiger partial charge on any atom is 0.262 e. The van der Waals surface area contributed by atoms with Crippen LogP contribution in [-0.2, 0) is 9.36 Å². The highest BCUT2D eigenvalue weighted by atomic mass is 31.2. The molecule has 0 unspecified atom stereocenters. The normalized spacial score (nSPS) is 11.2. The Morgan fingerprint density at radius 3 is 2.18 bits per heavy atom. The van der Waals surface area contributed by atoms with Crippen molar-refractivity contribution in [1.82, 2.24) is 5.32 Å². The Hall–Kier alpha value is -0.720. The highest BCUT2D eigenvalue weighted by Crippen LogP contribution is 2.18. The minimum Gasteiger partial charge on any atom is -0.756 e. The van der Waals surface area contributed by atoms with Crippen molar-refractivity contribution in [3.05, 3.63) is 12.7 Å². The van der Waals surface area contributed by atoms with Crippen molar-refractivity contribution < 1.29 is 28.5 Å². The lowest BCUT2D eigenvalue weighted by molar-refractivity contribution is -0.870. The van der Waals surface area contributed by atoms with Gasteiger partial charge < -0.3 is 24.5 Å². The molecule has 102 valence electrons. The highest BCUT2D eigenvalue weighted by molar-refractivity contribution is 7.43. The summed E-state index contributed by atoms with van der Waals surface area (Å²) in [6.45, 7) is 5.18. The Bertz CT molecular complexity index is 273. The fraction of sp³-hybridized carbons (Fsp3) is 0.667. The van der Waals surface area contributed by atoms with Crippen molar-refractivity contribution >= 4 is 13.7 Å². The third kappa shape index (κ3) is 31.3. The number of nitrogens with zero attached hydrogens (tertiary/aromatic N) is 1. The van der Waals surface area contributed by atoms with E-state index in [2.05, 4.69) is 33.0 Å². The van der Waals surface area contributed by atoms with Gasteiger partial charge in [0.2, 0.25) is 5.91 Å². The van der Waals surface area contributed by atoms with Crippen LogP contribution in [0.25, 0.3) is 0 Å². The van der Waals surface area contributed by atoms with Gasteiger partial charge in [0.15, 0.2) is 0 Å². The van der Waals surface area contributed by atoms with Crippen LogP contribution >= 0.6 is 7.82 Å². The van der Waals surface area contributed by atoms with E-state index in [0.29, 0.717) is 0 Å². The van der Waals surface area contributed by atoms with Gasteiger partial charge in [-0.3, -0.25) is 9.36 Å². The lowest BCUT2D eigenvalue weighted by atomic mass is 10.3. The van der Waals surface area contributed by atoms with E-state index in [0.717, 1.165) is 24.0 Å². The zero-order valence-electron chi connectivity index (χ0n) is 10.4. The summed E-state index contributed by atoms with van der Waals surface area (Å²) in [6, 6.07) is 0. The van der Waals surface area contributed by atoms with Crippen LogP contribution < -0.4 is 10.2 Å². The fourth-order valence-electron chi connectivity index (χ4n) is 0.837. The maximum absolute atomic E-state index is 10.7. The summed E-state index contributed by atoms with van der Waals surface area (Å²) in [7, 11) is 1.51. The predicted octanol–water partition coefficient (Wildman–Crippen LogP) is -1.18. The molecule has 0 aliphatic heterocycles. The lowest BCUT2D eigenvalue weighted by Crippen LogP contribution is -2.37. The van der Waals surface area contributed by atoms with Gasteiger partial charge in [-0.2, -0.15) is 0 Å². The largest absolute Gasteiger partial charge is 0.756 e. The van der Waals surface area contributed by atoms with Crippen molar-refractivity contribution in [2.24, 2.45) is 0 Å². The number of quaternary nitrogens is 1. The molecule has 0 saturated heterocycles. The second-order valence-corrected chi connectivity index (χ2v) is 5.33. The van der Waals surface area contributed by atoms with Crippen LogP contribution in [-0.4, -0.2) is 54.4 Å². The molecule has 17 heavy (non-hydrogen) atoms. The van der Waals surface area contributed by atoms with E-state index >= 15 is 0 Å². The van der Waals surface area contributed by atoms with Gasteiger partial charge in [0.1, 0.15) is 0 Å². The molecule has 1 amide bonds. The third-order valence-electron chi connectivity index (χ3n) is 1.49. The van der Waals surface area contributed by atoms with Gasteiger partial charge in [-0.1, -0.05) is 6.58 Å². The lowest BCUT2D eigenvalue weighted by Gasteiger charge is -2.23. The average Bonchev–Trinajstić information content (AvgIpc) is 2.07. The van der Waals surface area contributed by atoms with Gasteiger partial charge >= 0.3 is 0 Å². The van der Waals surface area contributed by atoms with Crippen LogP contribution in [0.15, 0.2) is 12.7 Å². The number of carbonyl (C=O) groups excluding carboxylic acids is 1. The van der Waals surface area contributed by atoms with Gasteiger partial charge in [0.05, 0.1) is 27.7 Å². The number of carbonyl (C=O) groups is 1. The number of hydrogen-bond acceptors (Lipinski definition) is 3. The van der Waals surface area contributed by atoms with Crippen molar-refractivity contribution in [3.63, 3.8) is 0 Å². The molecule has 7 nitrogen and oxygen atoms in total. The molecule has 0 rings (SSSR count). The smallest absolute Gasteiger partial charge is 0.262 e. The Labute approximate surface area is 102 Å². The molecule has 0 bridgehead atoms. The first-order chi connectivity index (χ1) is 7.45. The molecule has 0 aromatic rings. The molecule has 0 aromatic carbocycles. The van der Waals surface area contributed by atoms with Crippen molar-refractivity contribution in [3.8, 4) is 0 Å². The second-order valence-electron chi connectivity index (χ2n) is 4.35. The quantitative estimate of drug-likeness (QED) is 0.252. The Balaban J connectivity index is 0. The van der Waals surface area contributed by atoms with E-state index in [-0.39, 0.29) is 5.91 Å². The van der Waals surface area contributed by atoms with E-state index in [1.165, 1.54) is 6.08 Å². The number of phosphoric acid groups is 1. The summed E-state index contributed by atoms with van der Waals surface area (Å²) in [6.07, 6.45) is 2.30. The topological polar surface area (TPSA) is 110 Å². The summed E-state index contributed by atoms with van der Waals surface area (Å²) >= 11 is 0. The molecular weight excluding hydrogens is 247 g/mol. The van der Waals surface area contributed by atoms with Crippen LogP contribution in [0.5, 0.6) is 0 Å². The first-order valence-electron chi connectivity index (χ1n) is 4.93. The van der Waals surface area contributed by atoms with E-state index in [4.69, 9.17) is 19.2 Å². The highest BCUT2D eigenvalue weighted by Gasteiger charge is 2.05. The first-order valence-corrected chi connectivity index (χ1v) is 6.46. The van der Waals surface area contributed by atoms with Crippen LogP contribution in [0.3, 0.4) is 0 Å². The van der Waals surface area contributed by atoms with Gasteiger partial charge in [-0.25, -0.2) is 0 Å². The molecule has 0 aliphatic rings. The Morgan fingerprint density at radius 2 is 1.88 bits per heavy atom. The van der Waals surface area contributed by atoms with Gasteiger partial charge in [0.25, 0.3) is 7.82 Å². The minimum atomic E-state index is -4.89. The van der Waals surface area contributed by atoms with E-state index < -0.39 is 7.82 Å². The molecule has 0 aliphatic carbocycles. The summed E-state index contributed by atoms with van der Waals surface area (Å²) in [4.78, 5) is 33.6. The van der Waals surface area contributed by atoms with Gasteiger partial charge in [0, 0.05) is 13.0 Å². The zero-order valence-corrected chi connectivity index (χ0v) is 11.3. The summed E-state index contributed by atoms with van der Waals surface area (Å²) in [5, 5.41) is 2.74. The molecule has 0 aromatic heterocycles. The molecular formula is C9H21N2O5P. The van der Waals surface area contributed by atoms with E-state index in [9.17, 15) is 4.79 Å². The number of rotatable bonds is 5. The van der Waals surface area contributed by atoms with Crippen LogP contribution in [0.1, 0.15) is 6.42 Å². The Kier molecular flexibility index (Phi) is 9.19. The number of amides is 1. The van der Waals surface area contributed by atoms with Crippen LogP contribution in [0, 0.1) is 0 Å². The molecule has 0 saturated carbocycles. The fourth-order valence-corrected chi connectivity index (χ4v) is 0.837. The van der Waals surface area contributed by atoms with Crippen molar-refractivity contribution in [1.29, 1.82) is 0 Å².